The summed E-state index contributed by atoms with van der Waals surface area (Å²) in [6.45, 7) is 0. The number of benzene rings is 1. The number of nitriles is 1. The van der Waals surface area contributed by atoms with Crippen molar-refractivity contribution in [3.63, 3.8) is 0 Å². The Hall–Kier alpha value is -3.14. The van der Waals surface area contributed by atoms with Gasteiger partial charge in [0.25, 0.3) is 0 Å². The minimum absolute atomic E-state index is 0.0433. The molecule has 0 amide bonds. The summed E-state index contributed by atoms with van der Waals surface area (Å²) in [5, 5.41) is 17.7. The highest BCUT2D eigenvalue weighted by molar-refractivity contribution is 5.74. The average Bonchev–Trinajstić information content (AvgIpc) is 2.91. The van der Waals surface area contributed by atoms with Gasteiger partial charge in [0.05, 0.1) is 0 Å². The molecule has 0 bridgehead atoms. The van der Waals surface area contributed by atoms with E-state index in [1.54, 1.807) is 18.2 Å². The van der Waals surface area contributed by atoms with E-state index in [1.165, 1.54) is 12.3 Å². The van der Waals surface area contributed by atoms with Crippen molar-refractivity contribution in [1.29, 1.82) is 5.26 Å². The lowest BCUT2D eigenvalue weighted by Crippen LogP contribution is -2.24. The van der Waals surface area contributed by atoms with Gasteiger partial charge in [0, 0.05) is 18.7 Å². The monoisotopic (exact) mass is 283 g/mol. The Balaban J connectivity index is 1.81. The van der Waals surface area contributed by atoms with Crippen molar-refractivity contribution >= 4 is 5.97 Å². The highest BCUT2D eigenvalue weighted by Crippen LogP contribution is 2.33. The molecule has 7 heteroatoms. The number of aromatic nitrogens is 2. The minimum atomic E-state index is -1.00. The van der Waals surface area contributed by atoms with Crippen LogP contribution in [-0.2, 0) is 11.2 Å². The van der Waals surface area contributed by atoms with Crippen molar-refractivity contribution in [2.45, 2.75) is 12.5 Å². The van der Waals surface area contributed by atoms with Crippen LogP contribution in [0.15, 0.2) is 30.5 Å². The standard InChI is InChI=1S/C14H9N3O4/c15-7-9-3-4-16-14(17-9)20-10-2-1-8-5-12(13(18)19)21-11(8)6-10/h1-4,6,12H,5H2,(H,18,19). The normalized spacial score (nSPS) is 15.7. The first-order chi connectivity index (χ1) is 10.2. The van der Waals surface area contributed by atoms with Crippen LogP contribution in [0.4, 0.5) is 0 Å². The van der Waals surface area contributed by atoms with Gasteiger partial charge in [-0.1, -0.05) is 6.07 Å². The number of ether oxygens (including phenoxy) is 2. The van der Waals surface area contributed by atoms with Crippen LogP contribution in [0, 0.1) is 11.3 Å². The largest absolute Gasteiger partial charge is 0.478 e. The molecule has 1 aliphatic rings. The second kappa shape index (κ2) is 5.09. The molecule has 3 rings (SSSR count). The number of carboxylic acids is 1. The summed E-state index contributed by atoms with van der Waals surface area (Å²) in [4.78, 5) is 18.7. The zero-order valence-corrected chi connectivity index (χ0v) is 10.7. The third-order valence-electron chi connectivity index (χ3n) is 2.95. The average molecular weight is 283 g/mol. The lowest BCUT2D eigenvalue weighted by atomic mass is 10.1. The first-order valence-electron chi connectivity index (χ1n) is 6.09. The first kappa shape index (κ1) is 12.9. The molecule has 2 aromatic rings. The van der Waals surface area contributed by atoms with Crippen LogP contribution < -0.4 is 9.47 Å². The quantitative estimate of drug-likeness (QED) is 0.910. The van der Waals surface area contributed by atoms with E-state index in [1.807, 2.05) is 6.07 Å². The van der Waals surface area contributed by atoms with Gasteiger partial charge in [0.15, 0.2) is 6.10 Å². The smallest absolute Gasteiger partial charge is 0.345 e. The molecule has 1 aliphatic heterocycles. The fourth-order valence-corrected chi connectivity index (χ4v) is 1.97. The van der Waals surface area contributed by atoms with Crippen LogP contribution in [0.2, 0.25) is 0 Å². The summed E-state index contributed by atoms with van der Waals surface area (Å²) in [6, 6.07) is 8.40. The molecule has 1 aromatic heterocycles. The third-order valence-corrected chi connectivity index (χ3v) is 2.95. The van der Waals surface area contributed by atoms with Crippen LogP contribution in [0.25, 0.3) is 0 Å². The third kappa shape index (κ3) is 2.60. The predicted molar refractivity (Wildman–Crippen MR) is 69.0 cm³/mol. The Morgan fingerprint density at radius 1 is 1.48 bits per heavy atom. The maximum absolute atomic E-state index is 10.9. The number of hydrogen-bond acceptors (Lipinski definition) is 6. The molecule has 7 nitrogen and oxygen atoms in total. The molecule has 0 radical (unpaired) electrons. The zero-order valence-electron chi connectivity index (χ0n) is 10.7. The lowest BCUT2D eigenvalue weighted by Gasteiger charge is -2.06. The van der Waals surface area contributed by atoms with Crippen molar-refractivity contribution in [2.24, 2.45) is 0 Å². The fourth-order valence-electron chi connectivity index (χ4n) is 1.97. The van der Waals surface area contributed by atoms with Gasteiger partial charge in [-0.2, -0.15) is 10.2 Å². The van der Waals surface area contributed by atoms with Crippen molar-refractivity contribution in [1.82, 2.24) is 9.97 Å². The Labute approximate surface area is 119 Å². The van der Waals surface area contributed by atoms with E-state index >= 15 is 0 Å². The second-order valence-electron chi connectivity index (χ2n) is 4.36. The molecule has 0 saturated carbocycles. The van der Waals surface area contributed by atoms with Crippen LogP contribution in [0.3, 0.4) is 0 Å². The zero-order chi connectivity index (χ0) is 14.8. The van der Waals surface area contributed by atoms with Crippen molar-refractivity contribution < 1.29 is 19.4 Å². The van der Waals surface area contributed by atoms with Crippen LogP contribution >= 0.6 is 0 Å². The van der Waals surface area contributed by atoms with Crippen LogP contribution in [-0.4, -0.2) is 27.1 Å². The number of carbonyl (C=O) groups is 1. The highest BCUT2D eigenvalue weighted by Gasteiger charge is 2.29. The van der Waals surface area contributed by atoms with Gasteiger partial charge in [0.2, 0.25) is 0 Å². The molecule has 0 fully saturated rings. The fraction of sp³-hybridized carbons (Fsp3) is 0.143. The van der Waals surface area contributed by atoms with Crippen LogP contribution in [0.1, 0.15) is 11.3 Å². The molecule has 0 spiro atoms. The SMILES string of the molecule is N#Cc1ccnc(Oc2ccc3c(c2)OC(C(=O)O)C3)n1. The Morgan fingerprint density at radius 2 is 2.33 bits per heavy atom. The molecule has 2 heterocycles. The van der Waals surface area contributed by atoms with E-state index in [9.17, 15) is 4.79 Å². The van der Waals surface area contributed by atoms with E-state index in [-0.39, 0.29) is 11.7 Å². The van der Waals surface area contributed by atoms with Gasteiger partial charge in [0.1, 0.15) is 23.3 Å². The second-order valence-corrected chi connectivity index (χ2v) is 4.36. The summed E-state index contributed by atoms with van der Waals surface area (Å²) in [7, 11) is 0. The molecule has 0 saturated heterocycles. The molecule has 1 unspecified atom stereocenters. The number of carboxylic acid groups (broad SMARTS) is 1. The van der Waals surface area contributed by atoms with Gasteiger partial charge in [-0.3, -0.25) is 0 Å². The Bertz CT molecular complexity index is 754. The number of hydrogen-bond donors (Lipinski definition) is 1. The van der Waals surface area contributed by atoms with E-state index in [0.717, 1.165) is 5.56 Å². The number of rotatable bonds is 3. The van der Waals surface area contributed by atoms with Crippen molar-refractivity contribution in [3.8, 4) is 23.6 Å². The van der Waals surface area contributed by atoms with Crippen molar-refractivity contribution in [3.05, 3.63) is 41.7 Å². The lowest BCUT2D eigenvalue weighted by molar-refractivity contribution is -0.144. The molecule has 21 heavy (non-hydrogen) atoms. The van der Waals surface area contributed by atoms with Gasteiger partial charge in [-0.15, -0.1) is 0 Å². The summed E-state index contributed by atoms with van der Waals surface area (Å²) < 4.78 is 10.8. The molecule has 104 valence electrons. The minimum Gasteiger partial charge on any atom is -0.478 e. The Kier molecular flexibility index (Phi) is 3.12. The van der Waals surface area contributed by atoms with Gasteiger partial charge < -0.3 is 14.6 Å². The van der Waals surface area contributed by atoms with Gasteiger partial charge >= 0.3 is 12.0 Å². The maximum Gasteiger partial charge on any atom is 0.345 e. The van der Waals surface area contributed by atoms with Gasteiger partial charge in [-0.05, 0) is 17.7 Å². The highest BCUT2D eigenvalue weighted by atomic mass is 16.5. The van der Waals surface area contributed by atoms with E-state index < -0.39 is 12.1 Å². The number of aliphatic carboxylic acids is 1. The first-order valence-corrected chi connectivity index (χ1v) is 6.09. The van der Waals surface area contributed by atoms with Crippen LogP contribution in [0.5, 0.6) is 17.5 Å². The Morgan fingerprint density at radius 3 is 3.10 bits per heavy atom. The number of nitrogens with zero attached hydrogens (tertiary/aromatic N) is 3. The van der Waals surface area contributed by atoms with E-state index in [0.29, 0.717) is 17.9 Å². The maximum atomic E-state index is 10.9. The van der Waals surface area contributed by atoms with Gasteiger partial charge in [-0.25, -0.2) is 9.78 Å². The topological polar surface area (TPSA) is 105 Å². The molecular weight excluding hydrogens is 274 g/mol. The molecule has 0 aliphatic carbocycles. The summed E-state index contributed by atoms with van der Waals surface area (Å²) >= 11 is 0. The molecular formula is C14H9N3O4. The molecule has 1 N–H and O–H groups in total. The molecule has 1 atom stereocenters. The summed E-state index contributed by atoms with van der Waals surface area (Å²) in [6.07, 6.45) is 0.879. The number of fused-ring (bicyclic) bond motifs is 1. The van der Waals surface area contributed by atoms with E-state index in [2.05, 4.69) is 9.97 Å². The van der Waals surface area contributed by atoms with E-state index in [4.69, 9.17) is 19.8 Å². The predicted octanol–water partition coefficient (Wildman–Crippen LogP) is 1.53. The summed E-state index contributed by atoms with van der Waals surface area (Å²) in [5.41, 5.74) is 1.00. The molecule has 1 aromatic carbocycles. The summed E-state index contributed by atoms with van der Waals surface area (Å²) in [5.74, 6) is -0.120. The van der Waals surface area contributed by atoms with Crippen molar-refractivity contribution in [2.75, 3.05) is 0 Å².